The third-order valence-corrected chi connectivity index (χ3v) is 3.92. The molecule has 0 bridgehead atoms. The summed E-state index contributed by atoms with van der Waals surface area (Å²) in [7, 11) is 0. The van der Waals surface area contributed by atoms with Crippen molar-refractivity contribution in [1.82, 2.24) is 9.97 Å². The first-order chi connectivity index (χ1) is 10.5. The van der Waals surface area contributed by atoms with Crippen LogP contribution in [0.4, 0.5) is 0 Å². The molecule has 0 saturated carbocycles. The van der Waals surface area contributed by atoms with Crippen LogP contribution in [-0.4, -0.2) is 15.1 Å². The van der Waals surface area contributed by atoms with Gasteiger partial charge in [0.1, 0.15) is 5.75 Å². The lowest BCUT2D eigenvalue weighted by molar-refractivity contribution is 0.471. The smallest absolute Gasteiger partial charge is 0.345 e. The molecule has 22 heavy (non-hydrogen) atoms. The minimum atomic E-state index is -0.402. The van der Waals surface area contributed by atoms with Crippen molar-refractivity contribution in [3.05, 3.63) is 69.1 Å². The van der Waals surface area contributed by atoms with Gasteiger partial charge in [0, 0.05) is 10.0 Å². The van der Waals surface area contributed by atoms with Crippen molar-refractivity contribution < 1.29 is 5.11 Å². The topological polar surface area (TPSA) is 66.0 Å². The number of nitrogens with zero attached hydrogens (tertiary/aromatic N) is 1. The Morgan fingerprint density at radius 2 is 1.73 bits per heavy atom. The molecule has 3 rings (SSSR count). The average molecular weight is 357 g/mol. The number of phenols is 1. The van der Waals surface area contributed by atoms with Crippen LogP contribution in [0.1, 0.15) is 5.56 Å². The number of hydrogen-bond donors (Lipinski definition) is 2. The molecule has 0 unspecified atom stereocenters. The molecule has 0 fully saturated rings. The van der Waals surface area contributed by atoms with E-state index in [4.69, 9.17) is 0 Å². The normalized spacial score (nSPS) is 10.6. The van der Waals surface area contributed by atoms with E-state index in [0.717, 1.165) is 21.2 Å². The van der Waals surface area contributed by atoms with Crippen LogP contribution in [0.3, 0.4) is 0 Å². The summed E-state index contributed by atoms with van der Waals surface area (Å²) < 4.78 is 0.974. The molecule has 2 aromatic carbocycles. The molecular formula is C17H13BrN2O2. The second-order valence-corrected chi connectivity index (χ2v) is 5.91. The van der Waals surface area contributed by atoms with Crippen LogP contribution < -0.4 is 5.69 Å². The van der Waals surface area contributed by atoms with Crippen LogP contribution in [0.5, 0.6) is 5.75 Å². The number of hydrogen-bond acceptors (Lipinski definition) is 3. The molecule has 0 amide bonds. The molecule has 0 saturated heterocycles. The van der Waals surface area contributed by atoms with Crippen LogP contribution in [0.25, 0.3) is 22.5 Å². The highest BCUT2D eigenvalue weighted by Gasteiger charge is 2.07. The Kier molecular flexibility index (Phi) is 3.81. The summed E-state index contributed by atoms with van der Waals surface area (Å²) in [6, 6.07) is 14.7. The molecule has 3 aromatic rings. The maximum absolute atomic E-state index is 11.9. The standard InChI is InChI=1S/C17H13BrN2O2/c1-10-8-12(4-7-16(10)21)15-9-14(19-17(22)20-15)11-2-5-13(18)6-3-11/h2-9,21H,1H3,(H,19,20,22). The Morgan fingerprint density at radius 1 is 1.05 bits per heavy atom. The molecule has 0 aliphatic rings. The van der Waals surface area contributed by atoms with Crippen molar-refractivity contribution in [3.63, 3.8) is 0 Å². The first-order valence-corrected chi connectivity index (χ1v) is 7.49. The van der Waals surface area contributed by atoms with Gasteiger partial charge in [-0.1, -0.05) is 28.1 Å². The third-order valence-electron chi connectivity index (χ3n) is 3.39. The highest BCUT2D eigenvalue weighted by Crippen LogP contribution is 2.26. The van der Waals surface area contributed by atoms with Gasteiger partial charge in [-0.05, 0) is 54.4 Å². The third kappa shape index (κ3) is 2.94. The van der Waals surface area contributed by atoms with Crippen molar-refractivity contribution in [2.45, 2.75) is 6.92 Å². The maximum atomic E-state index is 11.9. The number of aromatic nitrogens is 2. The van der Waals surface area contributed by atoms with Crippen LogP contribution in [0.15, 0.2) is 57.8 Å². The number of aromatic amines is 1. The Hall–Kier alpha value is -2.40. The van der Waals surface area contributed by atoms with E-state index < -0.39 is 5.69 Å². The quantitative estimate of drug-likeness (QED) is 0.732. The van der Waals surface area contributed by atoms with Gasteiger partial charge >= 0.3 is 5.69 Å². The van der Waals surface area contributed by atoms with E-state index in [-0.39, 0.29) is 5.75 Å². The molecule has 0 aliphatic carbocycles. The number of halogens is 1. The number of nitrogens with one attached hydrogen (secondary N) is 1. The number of rotatable bonds is 2. The fraction of sp³-hybridized carbons (Fsp3) is 0.0588. The minimum Gasteiger partial charge on any atom is -0.508 e. The monoisotopic (exact) mass is 356 g/mol. The van der Waals surface area contributed by atoms with Crippen molar-refractivity contribution in [3.8, 4) is 28.3 Å². The molecule has 5 heteroatoms. The second-order valence-electron chi connectivity index (χ2n) is 4.99. The summed E-state index contributed by atoms with van der Waals surface area (Å²) in [5.74, 6) is 0.224. The number of aromatic hydroxyl groups is 1. The molecule has 0 spiro atoms. The number of aryl methyl sites for hydroxylation is 1. The van der Waals surface area contributed by atoms with Crippen molar-refractivity contribution in [1.29, 1.82) is 0 Å². The van der Waals surface area contributed by atoms with E-state index >= 15 is 0 Å². The SMILES string of the molecule is Cc1cc(-c2cc(-c3ccc(Br)cc3)[nH]c(=O)n2)ccc1O. The molecule has 2 N–H and O–H groups in total. The van der Waals surface area contributed by atoms with Crippen LogP contribution >= 0.6 is 15.9 Å². The van der Waals surface area contributed by atoms with Gasteiger partial charge in [0.2, 0.25) is 0 Å². The van der Waals surface area contributed by atoms with E-state index in [1.165, 1.54) is 0 Å². The Balaban J connectivity index is 2.12. The van der Waals surface area contributed by atoms with E-state index in [2.05, 4.69) is 25.9 Å². The first-order valence-electron chi connectivity index (χ1n) is 6.70. The Bertz CT molecular complexity index is 886. The molecule has 0 aliphatic heterocycles. The van der Waals surface area contributed by atoms with Gasteiger partial charge in [0.15, 0.2) is 0 Å². The summed E-state index contributed by atoms with van der Waals surface area (Å²) >= 11 is 3.39. The molecule has 110 valence electrons. The number of phenolic OH excluding ortho intramolecular Hbond substituents is 1. The number of H-pyrrole nitrogens is 1. The van der Waals surface area contributed by atoms with Crippen molar-refractivity contribution in [2.75, 3.05) is 0 Å². The lowest BCUT2D eigenvalue weighted by atomic mass is 10.1. The molecule has 0 radical (unpaired) electrons. The summed E-state index contributed by atoms with van der Waals surface area (Å²) in [4.78, 5) is 18.6. The van der Waals surface area contributed by atoms with Gasteiger partial charge in [0.25, 0.3) is 0 Å². The summed E-state index contributed by atoms with van der Waals surface area (Å²) in [5.41, 5.74) is 3.31. The first kappa shape index (κ1) is 14.5. The molecule has 0 atom stereocenters. The van der Waals surface area contributed by atoms with Gasteiger partial charge in [-0.3, -0.25) is 0 Å². The van der Waals surface area contributed by atoms with Crippen molar-refractivity contribution in [2.24, 2.45) is 0 Å². The summed E-state index contributed by atoms with van der Waals surface area (Å²) in [5, 5.41) is 9.61. The summed E-state index contributed by atoms with van der Waals surface area (Å²) in [6.07, 6.45) is 0. The van der Waals surface area contributed by atoms with Crippen LogP contribution in [0, 0.1) is 6.92 Å². The van der Waals surface area contributed by atoms with Crippen molar-refractivity contribution >= 4 is 15.9 Å². The maximum Gasteiger partial charge on any atom is 0.345 e. The predicted molar refractivity (Wildman–Crippen MR) is 89.8 cm³/mol. The fourth-order valence-electron chi connectivity index (χ4n) is 2.21. The zero-order valence-corrected chi connectivity index (χ0v) is 13.4. The van der Waals surface area contributed by atoms with Gasteiger partial charge in [-0.2, -0.15) is 4.98 Å². The highest BCUT2D eigenvalue weighted by atomic mass is 79.9. The van der Waals surface area contributed by atoms with Gasteiger partial charge in [-0.25, -0.2) is 4.79 Å². The van der Waals surface area contributed by atoms with E-state index in [1.807, 2.05) is 43.3 Å². The molecular weight excluding hydrogens is 344 g/mol. The minimum absolute atomic E-state index is 0.224. The Labute approximate surface area is 135 Å². The van der Waals surface area contributed by atoms with Gasteiger partial charge in [-0.15, -0.1) is 0 Å². The predicted octanol–water partition coefficient (Wildman–Crippen LogP) is 3.88. The zero-order chi connectivity index (χ0) is 15.7. The van der Waals surface area contributed by atoms with E-state index in [1.54, 1.807) is 12.1 Å². The molecule has 1 heterocycles. The fourth-order valence-corrected chi connectivity index (χ4v) is 2.47. The summed E-state index contributed by atoms with van der Waals surface area (Å²) in [6.45, 7) is 1.81. The highest BCUT2D eigenvalue weighted by molar-refractivity contribution is 9.10. The second kappa shape index (κ2) is 5.77. The molecule has 1 aromatic heterocycles. The van der Waals surface area contributed by atoms with Gasteiger partial charge < -0.3 is 10.1 Å². The zero-order valence-electron chi connectivity index (χ0n) is 11.8. The largest absolute Gasteiger partial charge is 0.508 e. The van der Waals surface area contributed by atoms with Gasteiger partial charge in [0.05, 0.1) is 11.4 Å². The lowest BCUT2D eigenvalue weighted by Crippen LogP contribution is -2.11. The number of benzene rings is 2. The Morgan fingerprint density at radius 3 is 2.41 bits per heavy atom. The molecule has 4 nitrogen and oxygen atoms in total. The average Bonchev–Trinajstić information content (AvgIpc) is 2.50. The van der Waals surface area contributed by atoms with Crippen LogP contribution in [-0.2, 0) is 0 Å². The van der Waals surface area contributed by atoms with Crippen LogP contribution in [0.2, 0.25) is 0 Å². The van der Waals surface area contributed by atoms with E-state index in [9.17, 15) is 9.90 Å². The lowest BCUT2D eigenvalue weighted by Gasteiger charge is -2.07. The van der Waals surface area contributed by atoms with E-state index in [0.29, 0.717) is 11.4 Å².